The van der Waals surface area contributed by atoms with Crippen molar-refractivity contribution in [3.63, 3.8) is 0 Å². The summed E-state index contributed by atoms with van der Waals surface area (Å²) in [5, 5.41) is 11.0. The fraction of sp³-hybridized carbons (Fsp3) is 0.227. The van der Waals surface area contributed by atoms with Crippen molar-refractivity contribution < 1.29 is 28.8 Å². The molecule has 0 radical (unpaired) electrons. The highest BCUT2D eigenvalue weighted by Gasteiger charge is 2.05. The van der Waals surface area contributed by atoms with Gasteiger partial charge in [-0.2, -0.15) is 0 Å². The van der Waals surface area contributed by atoms with Crippen molar-refractivity contribution in [2.24, 2.45) is 0 Å². The van der Waals surface area contributed by atoms with Crippen LogP contribution in [0.1, 0.15) is 10.4 Å². The first-order chi connectivity index (χ1) is 13.7. The maximum Gasteiger partial charge on any atom is 0.335 e. The summed E-state index contributed by atoms with van der Waals surface area (Å²) < 4.78 is 21.8. The molecule has 3 aromatic rings. The van der Waals surface area contributed by atoms with Crippen molar-refractivity contribution in [1.82, 2.24) is 0 Å². The highest BCUT2D eigenvalue weighted by atomic mass is 16.5. The van der Waals surface area contributed by atoms with Gasteiger partial charge in [-0.3, -0.25) is 0 Å². The molecule has 0 saturated carbocycles. The van der Waals surface area contributed by atoms with Gasteiger partial charge in [0.25, 0.3) is 0 Å². The van der Waals surface area contributed by atoms with Crippen LogP contribution in [0.25, 0.3) is 10.8 Å². The molecule has 0 aliphatic heterocycles. The van der Waals surface area contributed by atoms with Crippen LogP contribution in [0.15, 0.2) is 60.7 Å². The van der Waals surface area contributed by atoms with Gasteiger partial charge in [-0.1, -0.05) is 12.1 Å². The molecule has 3 aromatic carbocycles. The van der Waals surface area contributed by atoms with Crippen molar-refractivity contribution in [3.05, 3.63) is 66.2 Å². The van der Waals surface area contributed by atoms with E-state index in [9.17, 15) is 4.79 Å². The summed E-state index contributed by atoms with van der Waals surface area (Å²) in [4.78, 5) is 10.9. The van der Waals surface area contributed by atoms with E-state index >= 15 is 0 Å². The average molecular weight is 382 g/mol. The number of carboxylic acids is 1. The zero-order valence-electron chi connectivity index (χ0n) is 15.6. The second kappa shape index (κ2) is 9.73. The molecule has 0 fully saturated rings. The molecule has 0 unspecified atom stereocenters. The lowest BCUT2D eigenvalue weighted by Crippen LogP contribution is -2.09. The topological polar surface area (TPSA) is 74.2 Å². The van der Waals surface area contributed by atoms with E-state index in [1.807, 2.05) is 36.4 Å². The van der Waals surface area contributed by atoms with E-state index in [2.05, 4.69) is 0 Å². The molecule has 3 rings (SSSR count). The third kappa shape index (κ3) is 5.45. The minimum absolute atomic E-state index is 0.225. The SMILES string of the molecule is COCCOCCOc1ccc2cc(Oc3ccc(C(=O)O)cc3)ccc2c1. The van der Waals surface area contributed by atoms with Gasteiger partial charge in [-0.05, 0) is 59.3 Å². The van der Waals surface area contributed by atoms with E-state index in [4.69, 9.17) is 24.1 Å². The second-order valence-electron chi connectivity index (χ2n) is 6.06. The number of benzene rings is 3. The van der Waals surface area contributed by atoms with E-state index in [-0.39, 0.29) is 5.56 Å². The Balaban J connectivity index is 1.60. The number of carboxylic acid groups (broad SMARTS) is 1. The molecule has 1 N–H and O–H groups in total. The second-order valence-corrected chi connectivity index (χ2v) is 6.06. The number of rotatable bonds is 10. The molecule has 0 heterocycles. The number of hydrogen-bond donors (Lipinski definition) is 1. The van der Waals surface area contributed by atoms with Crippen LogP contribution >= 0.6 is 0 Å². The first kappa shape index (κ1) is 19.7. The Hall–Kier alpha value is -3.09. The maximum atomic E-state index is 10.9. The number of aromatic carboxylic acids is 1. The highest BCUT2D eigenvalue weighted by molar-refractivity contribution is 5.87. The minimum atomic E-state index is -0.961. The van der Waals surface area contributed by atoms with E-state index in [0.717, 1.165) is 16.5 Å². The maximum absolute atomic E-state index is 10.9. The number of hydrogen-bond acceptors (Lipinski definition) is 5. The van der Waals surface area contributed by atoms with Crippen molar-refractivity contribution in [1.29, 1.82) is 0 Å². The summed E-state index contributed by atoms with van der Waals surface area (Å²) in [6, 6.07) is 17.9. The first-order valence-electron chi connectivity index (χ1n) is 8.90. The molecule has 0 aliphatic carbocycles. The van der Waals surface area contributed by atoms with Crippen LogP contribution in [0, 0.1) is 0 Å². The molecule has 0 aromatic heterocycles. The van der Waals surface area contributed by atoms with Gasteiger partial charge in [-0.15, -0.1) is 0 Å². The molecule has 0 aliphatic rings. The van der Waals surface area contributed by atoms with Gasteiger partial charge in [0.2, 0.25) is 0 Å². The first-order valence-corrected chi connectivity index (χ1v) is 8.90. The Morgan fingerprint density at radius 1 is 0.786 bits per heavy atom. The predicted molar refractivity (Wildman–Crippen MR) is 106 cm³/mol. The number of carbonyl (C=O) groups is 1. The molecule has 28 heavy (non-hydrogen) atoms. The summed E-state index contributed by atoms with van der Waals surface area (Å²) in [6.45, 7) is 2.11. The number of methoxy groups -OCH3 is 1. The molecule has 0 saturated heterocycles. The zero-order valence-corrected chi connectivity index (χ0v) is 15.6. The van der Waals surface area contributed by atoms with Crippen LogP contribution in [0.5, 0.6) is 17.2 Å². The molecular weight excluding hydrogens is 360 g/mol. The molecule has 6 heteroatoms. The third-order valence-electron chi connectivity index (χ3n) is 4.05. The van der Waals surface area contributed by atoms with Gasteiger partial charge in [-0.25, -0.2) is 4.79 Å². The fourth-order valence-corrected chi connectivity index (χ4v) is 2.62. The summed E-state index contributed by atoms with van der Waals surface area (Å²) in [5.74, 6) is 1.08. The fourth-order valence-electron chi connectivity index (χ4n) is 2.62. The molecule has 0 atom stereocenters. The summed E-state index contributed by atoms with van der Waals surface area (Å²) in [6.07, 6.45) is 0. The molecule has 0 amide bonds. The smallest absolute Gasteiger partial charge is 0.335 e. The van der Waals surface area contributed by atoms with Crippen LogP contribution < -0.4 is 9.47 Å². The van der Waals surface area contributed by atoms with Crippen molar-refractivity contribution in [3.8, 4) is 17.2 Å². The van der Waals surface area contributed by atoms with Crippen LogP contribution in [0.2, 0.25) is 0 Å². The Kier molecular flexibility index (Phi) is 6.84. The van der Waals surface area contributed by atoms with E-state index in [1.165, 1.54) is 12.1 Å². The van der Waals surface area contributed by atoms with Gasteiger partial charge in [0.05, 0.1) is 25.4 Å². The lowest BCUT2D eigenvalue weighted by molar-refractivity contribution is 0.0544. The van der Waals surface area contributed by atoms with Crippen LogP contribution in [0.3, 0.4) is 0 Å². The van der Waals surface area contributed by atoms with Gasteiger partial charge in [0, 0.05) is 7.11 Å². The van der Waals surface area contributed by atoms with Crippen molar-refractivity contribution in [2.75, 3.05) is 33.5 Å². The van der Waals surface area contributed by atoms with Gasteiger partial charge >= 0.3 is 5.97 Å². The van der Waals surface area contributed by atoms with Crippen molar-refractivity contribution in [2.45, 2.75) is 0 Å². The van der Waals surface area contributed by atoms with E-state index < -0.39 is 5.97 Å². The molecule has 6 nitrogen and oxygen atoms in total. The lowest BCUT2D eigenvalue weighted by Gasteiger charge is -2.10. The summed E-state index contributed by atoms with van der Waals surface area (Å²) >= 11 is 0. The van der Waals surface area contributed by atoms with Crippen LogP contribution in [-0.2, 0) is 9.47 Å². The number of fused-ring (bicyclic) bond motifs is 1. The van der Waals surface area contributed by atoms with Crippen molar-refractivity contribution >= 4 is 16.7 Å². The van der Waals surface area contributed by atoms with E-state index in [0.29, 0.717) is 37.9 Å². The van der Waals surface area contributed by atoms with E-state index in [1.54, 1.807) is 19.2 Å². The highest BCUT2D eigenvalue weighted by Crippen LogP contribution is 2.28. The quantitative estimate of drug-likeness (QED) is 0.525. The third-order valence-corrected chi connectivity index (χ3v) is 4.05. The minimum Gasteiger partial charge on any atom is -0.491 e. The predicted octanol–water partition coefficient (Wildman–Crippen LogP) is 4.37. The number of ether oxygens (including phenoxy) is 4. The molecule has 0 bridgehead atoms. The Labute approximate surface area is 163 Å². The standard InChI is InChI=1S/C22H22O6/c1-25-10-11-26-12-13-27-20-8-4-18-15-21(9-5-17(18)14-20)28-19-6-2-16(3-7-19)22(23)24/h2-9,14-15H,10-13H2,1H3,(H,23,24). The molecular formula is C22H22O6. The van der Waals surface area contributed by atoms with Crippen LogP contribution in [-0.4, -0.2) is 44.6 Å². The molecule has 0 spiro atoms. The Morgan fingerprint density at radius 2 is 1.39 bits per heavy atom. The van der Waals surface area contributed by atoms with Gasteiger partial charge < -0.3 is 24.1 Å². The molecule has 146 valence electrons. The summed E-state index contributed by atoms with van der Waals surface area (Å²) in [5.41, 5.74) is 0.225. The van der Waals surface area contributed by atoms with Gasteiger partial charge in [0.1, 0.15) is 23.9 Å². The average Bonchev–Trinajstić information content (AvgIpc) is 2.71. The van der Waals surface area contributed by atoms with Gasteiger partial charge in [0.15, 0.2) is 0 Å². The Bertz CT molecular complexity index is 920. The van der Waals surface area contributed by atoms with Crippen LogP contribution in [0.4, 0.5) is 0 Å². The Morgan fingerprint density at radius 3 is 2.07 bits per heavy atom. The normalized spacial score (nSPS) is 10.8. The lowest BCUT2D eigenvalue weighted by atomic mass is 10.1. The monoisotopic (exact) mass is 382 g/mol. The zero-order chi connectivity index (χ0) is 19.8. The summed E-state index contributed by atoms with van der Waals surface area (Å²) in [7, 11) is 1.64. The largest absolute Gasteiger partial charge is 0.491 e.